The lowest BCUT2D eigenvalue weighted by molar-refractivity contribution is 0.260. The van der Waals surface area contributed by atoms with Gasteiger partial charge in [-0.15, -0.1) is 0 Å². The Hall–Kier alpha value is -0.580. The fourth-order valence-corrected chi connectivity index (χ4v) is 1.77. The molecule has 0 aliphatic carbocycles. The van der Waals surface area contributed by atoms with Crippen LogP contribution in [-0.2, 0) is 0 Å². The van der Waals surface area contributed by atoms with Gasteiger partial charge in [-0.25, -0.2) is 0 Å². The van der Waals surface area contributed by atoms with E-state index in [0.717, 1.165) is 22.3 Å². The lowest BCUT2D eigenvalue weighted by atomic mass is 10.1. The molecule has 0 spiro atoms. The Morgan fingerprint density at radius 3 is 2.62 bits per heavy atom. The van der Waals surface area contributed by atoms with Gasteiger partial charge >= 0.3 is 0 Å². The van der Waals surface area contributed by atoms with Crippen LogP contribution in [0.2, 0.25) is 0 Å². The van der Waals surface area contributed by atoms with Gasteiger partial charge in [-0.05, 0) is 54.6 Å². The zero-order valence-electron chi connectivity index (χ0n) is 10.0. The highest BCUT2D eigenvalue weighted by Crippen LogP contribution is 2.27. The number of nitrogens with two attached hydrogens (primary N) is 1. The Kier molecular flexibility index (Phi) is 5.25. The summed E-state index contributed by atoms with van der Waals surface area (Å²) < 4.78 is 6.61. The van der Waals surface area contributed by atoms with Crippen LogP contribution in [-0.4, -0.2) is 32.1 Å². The SMILES string of the molecule is C[C@H](N)c1ccc(OCCN(C)C)c(Br)c1. The van der Waals surface area contributed by atoms with Crippen LogP contribution in [0.1, 0.15) is 18.5 Å². The molecule has 1 rings (SSSR count). The van der Waals surface area contributed by atoms with Crippen LogP contribution < -0.4 is 10.5 Å². The van der Waals surface area contributed by atoms with Gasteiger partial charge in [-0.3, -0.25) is 0 Å². The summed E-state index contributed by atoms with van der Waals surface area (Å²) in [7, 11) is 4.05. The smallest absolute Gasteiger partial charge is 0.133 e. The number of rotatable bonds is 5. The summed E-state index contributed by atoms with van der Waals surface area (Å²) in [5.74, 6) is 0.867. The molecule has 0 unspecified atom stereocenters. The second-order valence-electron chi connectivity index (χ2n) is 4.13. The molecule has 0 aliphatic rings. The second-order valence-corrected chi connectivity index (χ2v) is 4.98. The third kappa shape index (κ3) is 4.12. The number of ether oxygens (including phenoxy) is 1. The van der Waals surface area contributed by atoms with Crippen molar-refractivity contribution in [2.75, 3.05) is 27.2 Å². The van der Waals surface area contributed by atoms with Crippen LogP contribution in [0.5, 0.6) is 5.75 Å². The topological polar surface area (TPSA) is 38.5 Å². The molecule has 16 heavy (non-hydrogen) atoms. The summed E-state index contributed by atoms with van der Waals surface area (Å²) in [4.78, 5) is 2.09. The first-order valence-electron chi connectivity index (χ1n) is 5.33. The molecule has 1 aromatic carbocycles. The van der Waals surface area contributed by atoms with Crippen molar-refractivity contribution < 1.29 is 4.74 Å². The predicted molar refractivity (Wildman–Crippen MR) is 70.8 cm³/mol. The van der Waals surface area contributed by atoms with E-state index in [-0.39, 0.29) is 6.04 Å². The molecule has 2 N–H and O–H groups in total. The van der Waals surface area contributed by atoms with Crippen molar-refractivity contribution in [2.45, 2.75) is 13.0 Å². The zero-order valence-corrected chi connectivity index (χ0v) is 11.6. The standard InChI is InChI=1S/C12H19BrN2O/c1-9(14)10-4-5-12(11(13)8-10)16-7-6-15(2)3/h4-5,8-9H,6-7,14H2,1-3H3/t9-/m0/s1. The maximum Gasteiger partial charge on any atom is 0.133 e. The molecule has 0 saturated carbocycles. The Labute approximate surface area is 106 Å². The summed E-state index contributed by atoms with van der Waals surface area (Å²) in [6.45, 7) is 3.55. The van der Waals surface area contributed by atoms with E-state index in [0.29, 0.717) is 6.61 Å². The first-order valence-corrected chi connectivity index (χ1v) is 6.12. The third-order valence-electron chi connectivity index (χ3n) is 2.28. The quantitative estimate of drug-likeness (QED) is 0.904. The van der Waals surface area contributed by atoms with E-state index in [1.165, 1.54) is 0 Å². The van der Waals surface area contributed by atoms with Gasteiger partial charge in [-0.2, -0.15) is 0 Å². The Morgan fingerprint density at radius 2 is 2.12 bits per heavy atom. The van der Waals surface area contributed by atoms with Crippen LogP contribution >= 0.6 is 15.9 Å². The highest BCUT2D eigenvalue weighted by Gasteiger charge is 2.05. The molecule has 0 aliphatic heterocycles. The minimum Gasteiger partial charge on any atom is -0.491 e. The Bertz CT molecular complexity index is 340. The highest BCUT2D eigenvalue weighted by molar-refractivity contribution is 9.10. The number of nitrogens with zero attached hydrogens (tertiary/aromatic N) is 1. The first kappa shape index (κ1) is 13.5. The van der Waals surface area contributed by atoms with Gasteiger partial charge in [0.25, 0.3) is 0 Å². The van der Waals surface area contributed by atoms with Gasteiger partial charge in [0.15, 0.2) is 0 Å². The second kappa shape index (κ2) is 6.23. The van der Waals surface area contributed by atoms with Crippen molar-refractivity contribution in [1.82, 2.24) is 4.90 Å². The van der Waals surface area contributed by atoms with Gasteiger partial charge in [0, 0.05) is 12.6 Å². The lowest BCUT2D eigenvalue weighted by Crippen LogP contribution is -2.19. The van der Waals surface area contributed by atoms with Gasteiger partial charge in [-0.1, -0.05) is 6.07 Å². The molecule has 4 heteroatoms. The number of hydrogen-bond donors (Lipinski definition) is 1. The zero-order chi connectivity index (χ0) is 12.1. The molecule has 1 atom stereocenters. The monoisotopic (exact) mass is 286 g/mol. The van der Waals surface area contributed by atoms with E-state index in [9.17, 15) is 0 Å². The number of likely N-dealkylation sites (N-methyl/N-ethyl adjacent to an activating group) is 1. The number of benzene rings is 1. The lowest BCUT2D eigenvalue weighted by Gasteiger charge is -2.13. The average Bonchev–Trinajstić information content (AvgIpc) is 2.19. The molecule has 0 saturated heterocycles. The summed E-state index contributed by atoms with van der Waals surface area (Å²) in [6.07, 6.45) is 0. The molecule has 0 radical (unpaired) electrons. The maximum atomic E-state index is 5.80. The van der Waals surface area contributed by atoms with Gasteiger partial charge in [0.2, 0.25) is 0 Å². The highest BCUT2D eigenvalue weighted by atomic mass is 79.9. The molecular weight excluding hydrogens is 268 g/mol. The molecule has 90 valence electrons. The first-order chi connectivity index (χ1) is 7.50. The van der Waals surface area contributed by atoms with E-state index >= 15 is 0 Å². The summed E-state index contributed by atoms with van der Waals surface area (Å²) in [5, 5.41) is 0. The van der Waals surface area contributed by atoms with E-state index in [1.807, 2.05) is 39.2 Å². The van der Waals surface area contributed by atoms with Crippen LogP contribution in [0.15, 0.2) is 22.7 Å². The number of halogens is 1. The molecule has 3 nitrogen and oxygen atoms in total. The van der Waals surface area contributed by atoms with Crippen molar-refractivity contribution in [2.24, 2.45) is 5.73 Å². The molecule has 1 aromatic rings. The summed E-state index contributed by atoms with van der Waals surface area (Å²) in [6, 6.07) is 6.02. The van der Waals surface area contributed by atoms with Gasteiger partial charge < -0.3 is 15.4 Å². The molecule has 0 bridgehead atoms. The Balaban J connectivity index is 2.61. The number of hydrogen-bond acceptors (Lipinski definition) is 3. The molecule has 0 aromatic heterocycles. The van der Waals surface area contributed by atoms with Crippen LogP contribution in [0.4, 0.5) is 0 Å². The summed E-state index contributed by atoms with van der Waals surface area (Å²) >= 11 is 3.49. The largest absolute Gasteiger partial charge is 0.491 e. The van der Waals surface area contributed by atoms with Gasteiger partial charge in [0.1, 0.15) is 12.4 Å². The van der Waals surface area contributed by atoms with E-state index in [2.05, 4.69) is 20.8 Å². The van der Waals surface area contributed by atoms with Crippen LogP contribution in [0.25, 0.3) is 0 Å². The normalized spacial score (nSPS) is 12.9. The third-order valence-corrected chi connectivity index (χ3v) is 2.90. The summed E-state index contributed by atoms with van der Waals surface area (Å²) in [5.41, 5.74) is 6.91. The maximum absolute atomic E-state index is 5.80. The van der Waals surface area contributed by atoms with E-state index < -0.39 is 0 Å². The van der Waals surface area contributed by atoms with Crippen molar-refractivity contribution in [1.29, 1.82) is 0 Å². The predicted octanol–water partition coefficient (Wildman–Crippen LogP) is 2.41. The van der Waals surface area contributed by atoms with Crippen LogP contribution in [0.3, 0.4) is 0 Å². The minimum absolute atomic E-state index is 0.0483. The molecular formula is C12H19BrN2O. The van der Waals surface area contributed by atoms with Crippen molar-refractivity contribution in [3.8, 4) is 5.75 Å². The molecule has 0 amide bonds. The van der Waals surface area contributed by atoms with E-state index in [4.69, 9.17) is 10.5 Å². The van der Waals surface area contributed by atoms with Crippen molar-refractivity contribution in [3.05, 3.63) is 28.2 Å². The average molecular weight is 287 g/mol. The van der Waals surface area contributed by atoms with Crippen LogP contribution in [0, 0.1) is 0 Å². The molecule has 0 fully saturated rings. The van der Waals surface area contributed by atoms with Crippen molar-refractivity contribution >= 4 is 15.9 Å². The van der Waals surface area contributed by atoms with Gasteiger partial charge in [0.05, 0.1) is 4.47 Å². The van der Waals surface area contributed by atoms with E-state index in [1.54, 1.807) is 0 Å². The fourth-order valence-electron chi connectivity index (χ4n) is 1.26. The van der Waals surface area contributed by atoms with Crippen molar-refractivity contribution in [3.63, 3.8) is 0 Å². The Morgan fingerprint density at radius 1 is 1.44 bits per heavy atom. The fraction of sp³-hybridized carbons (Fsp3) is 0.500. The molecule has 0 heterocycles. The minimum atomic E-state index is 0.0483.